The van der Waals surface area contributed by atoms with E-state index in [2.05, 4.69) is 111 Å². The molecular formula is C34H45Cl2N3O. The Bertz CT molecular complexity index is 1270. The molecule has 1 saturated heterocycles. The van der Waals surface area contributed by atoms with Gasteiger partial charge in [-0.2, -0.15) is 0 Å². The maximum Gasteiger partial charge on any atom is 0.127 e. The molecule has 3 heterocycles. The third-order valence-corrected chi connectivity index (χ3v) is 9.01. The van der Waals surface area contributed by atoms with Crippen LogP contribution in [0.15, 0.2) is 60.7 Å². The Balaban J connectivity index is 0.00000185. The van der Waals surface area contributed by atoms with Crippen LogP contribution in [0.3, 0.4) is 0 Å². The summed E-state index contributed by atoms with van der Waals surface area (Å²) >= 11 is 0. The van der Waals surface area contributed by atoms with E-state index in [-0.39, 0.29) is 42.0 Å². The fraction of sp³-hybridized carbons (Fsp3) is 0.471. The normalized spacial score (nSPS) is 21.6. The van der Waals surface area contributed by atoms with Crippen LogP contribution in [-0.2, 0) is 12.8 Å². The molecule has 40 heavy (non-hydrogen) atoms. The van der Waals surface area contributed by atoms with Gasteiger partial charge < -0.3 is 15.4 Å². The van der Waals surface area contributed by atoms with Crippen molar-refractivity contribution >= 4 is 30.5 Å². The Labute approximate surface area is 253 Å². The predicted octanol–water partition coefficient (Wildman–Crippen LogP) is 7.43. The van der Waals surface area contributed by atoms with Gasteiger partial charge in [0.25, 0.3) is 0 Å². The molecule has 1 unspecified atom stereocenters. The number of benzene rings is 3. The van der Waals surface area contributed by atoms with Gasteiger partial charge in [-0.1, -0.05) is 60.7 Å². The number of nitrogens with zero attached hydrogens (tertiary/aromatic N) is 1. The van der Waals surface area contributed by atoms with E-state index >= 15 is 0 Å². The zero-order valence-electron chi connectivity index (χ0n) is 24.5. The van der Waals surface area contributed by atoms with E-state index in [0.29, 0.717) is 6.04 Å². The van der Waals surface area contributed by atoms with Gasteiger partial charge in [-0.3, -0.25) is 4.90 Å². The van der Waals surface area contributed by atoms with Gasteiger partial charge in [0.05, 0.1) is 6.04 Å². The molecule has 0 saturated carbocycles. The van der Waals surface area contributed by atoms with Crippen molar-refractivity contribution < 1.29 is 4.74 Å². The zero-order valence-corrected chi connectivity index (χ0v) is 26.2. The first kappa shape index (κ1) is 30.7. The van der Waals surface area contributed by atoms with Gasteiger partial charge in [0, 0.05) is 35.8 Å². The highest BCUT2D eigenvalue weighted by Gasteiger charge is 2.43. The summed E-state index contributed by atoms with van der Waals surface area (Å²) < 4.78 is 6.82. The van der Waals surface area contributed by atoms with Crippen molar-refractivity contribution in [2.24, 2.45) is 0 Å². The van der Waals surface area contributed by atoms with Crippen molar-refractivity contribution in [2.45, 2.75) is 83.5 Å². The molecule has 0 spiro atoms. The van der Waals surface area contributed by atoms with E-state index in [1.807, 2.05) is 0 Å². The van der Waals surface area contributed by atoms with Gasteiger partial charge >= 0.3 is 0 Å². The highest BCUT2D eigenvalue weighted by atomic mass is 35.5. The smallest absolute Gasteiger partial charge is 0.127 e. The Hall–Kier alpha value is -2.24. The number of anilines is 1. The van der Waals surface area contributed by atoms with E-state index < -0.39 is 0 Å². The van der Waals surface area contributed by atoms with Crippen molar-refractivity contribution in [3.63, 3.8) is 0 Å². The van der Waals surface area contributed by atoms with Crippen LogP contribution in [-0.4, -0.2) is 41.7 Å². The molecule has 3 aromatic rings. The number of hydrogen-bond donors (Lipinski definition) is 2. The summed E-state index contributed by atoms with van der Waals surface area (Å²) in [4.78, 5) is 2.63. The number of nitrogens with one attached hydrogen (secondary N) is 2. The van der Waals surface area contributed by atoms with Crippen LogP contribution >= 0.6 is 24.8 Å². The summed E-state index contributed by atoms with van der Waals surface area (Å²) in [5.41, 5.74) is 9.58. The van der Waals surface area contributed by atoms with Gasteiger partial charge in [0.15, 0.2) is 0 Å². The molecule has 0 bridgehead atoms. The van der Waals surface area contributed by atoms with Crippen LogP contribution in [0.5, 0.6) is 5.75 Å². The maximum atomic E-state index is 6.82. The fourth-order valence-electron chi connectivity index (χ4n) is 7.00. The standard InChI is InChI=1S/C34H43N3O.2ClH/c1-23-24(2)32-29(28-20-33(3,4)36-30(23)28)21-34(5,38-32)22-37-18-16-27(17-19-37)35-31(25-12-8-6-9-13-25)26-14-10-7-11-15-26;;/h6-15,27,31,35-36H,16-22H2,1-5H3;2*1H. The molecule has 0 radical (unpaired) electrons. The molecule has 3 aliphatic heterocycles. The van der Waals surface area contributed by atoms with E-state index in [4.69, 9.17) is 4.74 Å². The molecule has 4 nitrogen and oxygen atoms in total. The number of hydrogen-bond acceptors (Lipinski definition) is 4. The first-order valence-corrected chi connectivity index (χ1v) is 14.4. The molecular weight excluding hydrogens is 537 g/mol. The topological polar surface area (TPSA) is 36.5 Å². The minimum Gasteiger partial charge on any atom is -0.485 e. The molecule has 0 amide bonds. The molecule has 6 rings (SSSR count). The van der Waals surface area contributed by atoms with Crippen LogP contribution in [0.4, 0.5) is 5.69 Å². The monoisotopic (exact) mass is 581 g/mol. The van der Waals surface area contributed by atoms with E-state index in [9.17, 15) is 0 Å². The molecule has 1 atom stereocenters. The van der Waals surface area contributed by atoms with Crippen LogP contribution in [0.25, 0.3) is 0 Å². The first-order valence-electron chi connectivity index (χ1n) is 14.4. The third kappa shape index (κ3) is 6.01. The van der Waals surface area contributed by atoms with E-state index in [1.165, 1.54) is 39.1 Å². The molecule has 3 aromatic carbocycles. The lowest BCUT2D eigenvalue weighted by molar-refractivity contribution is 0.0501. The van der Waals surface area contributed by atoms with Gasteiger partial charge in [-0.25, -0.2) is 0 Å². The van der Waals surface area contributed by atoms with Gasteiger partial charge in [-0.15, -0.1) is 24.8 Å². The molecule has 6 heteroatoms. The summed E-state index contributed by atoms with van der Waals surface area (Å²) in [5, 5.41) is 7.80. The maximum absolute atomic E-state index is 6.82. The summed E-state index contributed by atoms with van der Waals surface area (Å²) in [6.07, 6.45) is 4.40. The van der Waals surface area contributed by atoms with Crippen LogP contribution < -0.4 is 15.4 Å². The first-order chi connectivity index (χ1) is 18.2. The highest BCUT2D eigenvalue weighted by Crippen LogP contribution is 2.49. The number of fused-ring (bicyclic) bond motifs is 3. The van der Waals surface area contributed by atoms with Crippen molar-refractivity contribution in [3.05, 3.63) is 94.0 Å². The number of ether oxygens (including phenoxy) is 1. The predicted molar refractivity (Wildman–Crippen MR) is 172 cm³/mol. The molecule has 0 aromatic heterocycles. The zero-order chi connectivity index (χ0) is 26.5. The molecule has 3 aliphatic rings. The molecule has 2 N–H and O–H groups in total. The number of rotatable bonds is 6. The lowest BCUT2D eigenvalue weighted by atomic mass is 9.88. The molecule has 216 valence electrons. The number of piperidine rings is 1. The Morgan fingerprint density at radius 2 is 1.43 bits per heavy atom. The minimum absolute atomic E-state index is 0. The SMILES string of the molecule is Cc1c(C)c2c(c3c1NC(C)(C)C3)CC(C)(CN1CCC(NC(c3ccccc3)c3ccccc3)CC1)O2.Cl.Cl. The van der Waals surface area contributed by atoms with Gasteiger partial charge in [-0.05, 0) is 94.8 Å². The summed E-state index contributed by atoms with van der Waals surface area (Å²) in [6.45, 7) is 14.6. The van der Waals surface area contributed by atoms with Crippen LogP contribution in [0, 0.1) is 13.8 Å². The van der Waals surface area contributed by atoms with Gasteiger partial charge in [0.1, 0.15) is 11.4 Å². The summed E-state index contributed by atoms with van der Waals surface area (Å²) in [6, 6.07) is 22.5. The highest BCUT2D eigenvalue weighted by molar-refractivity contribution is 5.85. The van der Waals surface area contributed by atoms with Crippen molar-refractivity contribution in [3.8, 4) is 5.75 Å². The van der Waals surface area contributed by atoms with Crippen LogP contribution in [0.1, 0.15) is 73.0 Å². The molecule has 0 aliphatic carbocycles. The summed E-state index contributed by atoms with van der Waals surface area (Å²) in [5.74, 6) is 1.16. The Kier molecular flexibility index (Phi) is 9.16. The van der Waals surface area contributed by atoms with Gasteiger partial charge in [0.2, 0.25) is 0 Å². The second kappa shape index (κ2) is 11.9. The number of halogens is 2. The molecule has 1 fully saturated rings. The average molecular weight is 583 g/mol. The fourth-order valence-corrected chi connectivity index (χ4v) is 7.00. The lowest BCUT2D eigenvalue weighted by Gasteiger charge is -2.38. The second-order valence-corrected chi connectivity index (χ2v) is 12.8. The van der Waals surface area contributed by atoms with Crippen molar-refractivity contribution in [1.29, 1.82) is 0 Å². The largest absolute Gasteiger partial charge is 0.485 e. The minimum atomic E-state index is -0.168. The van der Waals surface area contributed by atoms with Crippen LogP contribution in [0.2, 0.25) is 0 Å². The van der Waals surface area contributed by atoms with E-state index in [0.717, 1.165) is 51.1 Å². The summed E-state index contributed by atoms with van der Waals surface area (Å²) in [7, 11) is 0. The lowest BCUT2D eigenvalue weighted by Crippen LogP contribution is -2.50. The third-order valence-electron chi connectivity index (χ3n) is 9.01. The van der Waals surface area contributed by atoms with E-state index in [1.54, 1.807) is 0 Å². The quantitative estimate of drug-likeness (QED) is 0.317. The Morgan fingerprint density at radius 1 is 0.850 bits per heavy atom. The average Bonchev–Trinajstić information content (AvgIpc) is 3.44. The number of likely N-dealkylation sites (tertiary alicyclic amines) is 1. The van der Waals surface area contributed by atoms with Crippen molar-refractivity contribution in [1.82, 2.24) is 10.2 Å². The Morgan fingerprint density at radius 3 is 2.00 bits per heavy atom. The van der Waals surface area contributed by atoms with Crippen molar-refractivity contribution in [2.75, 3.05) is 25.0 Å². The second-order valence-electron chi connectivity index (χ2n) is 12.8.